The molecule has 3 aromatic rings. The summed E-state index contributed by atoms with van der Waals surface area (Å²) in [6.45, 7) is 5.46. The Labute approximate surface area is 146 Å². The Kier molecular flexibility index (Phi) is 5.12. The number of hydrogen-bond acceptors (Lipinski definition) is 2. The van der Waals surface area contributed by atoms with E-state index < -0.39 is 0 Å². The van der Waals surface area contributed by atoms with Crippen molar-refractivity contribution < 1.29 is 9.18 Å². The summed E-state index contributed by atoms with van der Waals surface area (Å²) in [5.41, 5.74) is 2.47. The third kappa shape index (κ3) is 4.24. The molecule has 0 aliphatic rings. The fourth-order valence-electron chi connectivity index (χ4n) is 2.68. The van der Waals surface area contributed by atoms with E-state index in [1.165, 1.54) is 12.1 Å². The van der Waals surface area contributed by atoms with Gasteiger partial charge in [0.1, 0.15) is 5.82 Å². The van der Waals surface area contributed by atoms with Crippen LogP contribution in [0.4, 0.5) is 4.39 Å². The van der Waals surface area contributed by atoms with Crippen molar-refractivity contribution in [3.05, 3.63) is 65.6 Å². The topological polar surface area (TPSA) is 46.9 Å². The Bertz CT molecular complexity index is 868. The SMILES string of the molecule is CC(C)CCNC(=O)c1ccc2cnn(Cc3ccc(F)cc3)c2c1. The molecule has 1 heterocycles. The molecule has 0 aliphatic carbocycles. The number of rotatable bonds is 6. The van der Waals surface area contributed by atoms with E-state index in [9.17, 15) is 9.18 Å². The summed E-state index contributed by atoms with van der Waals surface area (Å²) in [7, 11) is 0. The predicted octanol–water partition coefficient (Wildman–Crippen LogP) is 4.00. The summed E-state index contributed by atoms with van der Waals surface area (Å²) in [6.07, 6.45) is 2.73. The Morgan fingerprint density at radius 2 is 1.96 bits per heavy atom. The second kappa shape index (κ2) is 7.47. The molecule has 1 amide bonds. The lowest BCUT2D eigenvalue weighted by atomic mass is 10.1. The van der Waals surface area contributed by atoms with Gasteiger partial charge in [0.05, 0.1) is 18.3 Å². The molecule has 25 heavy (non-hydrogen) atoms. The number of halogens is 1. The maximum Gasteiger partial charge on any atom is 0.251 e. The number of hydrogen-bond donors (Lipinski definition) is 1. The molecule has 2 aromatic carbocycles. The molecule has 1 N–H and O–H groups in total. The number of nitrogens with zero attached hydrogens (tertiary/aromatic N) is 2. The number of amides is 1. The van der Waals surface area contributed by atoms with Crippen molar-refractivity contribution in [2.24, 2.45) is 5.92 Å². The molecule has 0 bridgehead atoms. The van der Waals surface area contributed by atoms with Crippen LogP contribution in [0.25, 0.3) is 10.9 Å². The summed E-state index contributed by atoms with van der Waals surface area (Å²) in [5.74, 6) is 0.228. The third-order valence-corrected chi connectivity index (χ3v) is 4.16. The van der Waals surface area contributed by atoms with Crippen molar-refractivity contribution >= 4 is 16.8 Å². The van der Waals surface area contributed by atoms with Crippen LogP contribution in [-0.4, -0.2) is 22.2 Å². The van der Waals surface area contributed by atoms with Crippen molar-refractivity contribution in [2.45, 2.75) is 26.8 Å². The average molecular weight is 339 g/mol. The lowest BCUT2D eigenvalue weighted by Crippen LogP contribution is -2.25. The minimum absolute atomic E-state index is 0.0721. The molecule has 0 saturated heterocycles. The van der Waals surface area contributed by atoms with Gasteiger partial charge in [-0.1, -0.05) is 32.0 Å². The monoisotopic (exact) mass is 339 g/mol. The van der Waals surface area contributed by atoms with E-state index in [4.69, 9.17) is 0 Å². The van der Waals surface area contributed by atoms with Crippen molar-refractivity contribution in [3.63, 3.8) is 0 Å². The first-order valence-electron chi connectivity index (χ1n) is 8.51. The standard InChI is InChI=1S/C20H22FN3O/c1-14(2)9-10-22-20(25)16-5-6-17-12-23-24(19(17)11-16)13-15-3-7-18(21)8-4-15/h3-8,11-12,14H,9-10,13H2,1-2H3,(H,22,25). The summed E-state index contributed by atoms with van der Waals surface area (Å²) in [6, 6.07) is 11.9. The van der Waals surface area contributed by atoms with Crippen LogP contribution in [0.2, 0.25) is 0 Å². The molecule has 4 nitrogen and oxygen atoms in total. The molecule has 0 atom stereocenters. The van der Waals surface area contributed by atoms with E-state index in [0.29, 0.717) is 24.6 Å². The van der Waals surface area contributed by atoms with E-state index in [1.807, 2.05) is 22.9 Å². The molecule has 1 aromatic heterocycles. The summed E-state index contributed by atoms with van der Waals surface area (Å²) in [5, 5.41) is 8.32. The molecule has 3 rings (SSSR count). The van der Waals surface area contributed by atoms with Gasteiger partial charge in [-0.15, -0.1) is 0 Å². The number of carbonyl (C=O) groups excluding carboxylic acids is 1. The van der Waals surface area contributed by atoms with Crippen LogP contribution in [0.15, 0.2) is 48.7 Å². The minimum atomic E-state index is -0.255. The van der Waals surface area contributed by atoms with Gasteiger partial charge in [-0.05, 0) is 42.2 Å². The molecule has 0 aliphatic heterocycles. The second-order valence-electron chi connectivity index (χ2n) is 6.64. The Balaban J connectivity index is 1.79. The first-order chi connectivity index (χ1) is 12.0. The molecule has 5 heteroatoms. The number of carbonyl (C=O) groups is 1. The summed E-state index contributed by atoms with van der Waals surface area (Å²) >= 11 is 0. The van der Waals surface area contributed by atoms with E-state index in [1.54, 1.807) is 18.3 Å². The van der Waals surface area contributed by atoms with Gasteiger partial charge >= 0.3 is 0 Å². The van der Waals surface area contributed by atoms with Crippen molar-refractivity contribution in [3.8, 4) is 0 Å². The fraction of sp³-hybridized carbons (Fsp3) is 0.300. The van der Waals surface area contributed by atoms with Gasteiger partial charge in [0.25, 0.3) is 5.91 Å². The fourth-order valence-corrected chi connectivity index (χ4v) is 2.68. The second-order valence-corrected chi connectivity index (χ2v) is 6.64. The van der Waals surface area contributed by atoms with Gasteiger partial charge in [0.15, 0.2) is 0 Å². The van der Waals surface area contributed by atoms with Crippen LogP contribution < -0.4 is 5.32 Å². The average Bonchev–Trinajstić information content (AvgIpc) is 2.98. The first kappa shape index (κ1) is 17.1. The smallest absolute Gasteiger partial charge is 0.251 e. The predicted molar refractivity (Wildman–Crippen MR) is 97.0 cm³/mol. The molecule has 0 fully saturated rings. The molecule has 0 radical (unpaired) electrons. The first-order valence-corrected chi connectivity index (χ1v) is 8.51. The molecule has 0 spiro atoms. The van der Waals surface area contributed by atoms with Crippen LogP contribution in [0, 0.1) is 11.7 Å². The highest BCUT2D eigenvalue weighted by Gasteiger charge is 2.10. The number of benzene rings is 2. The normalized spacial score (nSPS) is 11.2. The third-order valence-electron chi connectivity index (χ3n) is 4.16. The van der Waals surface area contributed by atoms with Crippen molar-refractivity contribution in [2.75, 3.05) is 6.54 Å². The Morgan fingerprint density at radius 1 is 1.20 bits per heavy atom. The van der Waals surface area contributed by atoms with E-state index in [-0.39, 0.29) is 11.7 Å². The van der Waals surface area contributed by atoms with Gasteiger partial charge in [-0.3, -0.25) is 9.48 Å². The maximum atomic E-state index is 13.0. The maximum absolute atomic E-state index is 13.0. The zero-order valence-corrected chi connectivity index (χ0v) is 14.5. The Morgan fingerprint density at radius 3 is 2.68 bits per heavy atom. The highest BCUT2D eigenvalue weighted by Crippen LogP contribution is 2.17. The molecule has 0 saturated carbocycles. The highest BCUT2D eigenvalue weighted by molar-refractivity contribution is 5.97. The van der Waals surface area contributed by atoms with E-state index >= 15 is 0 Å². The van der Waals surface area contributed by atoms with Gasteiger partial charge in [-0.25, -0.2) is 4.39 Å². The molecular weight excluding hydrogens is 317 g/mol. The number of nitrogens with one attached hydrogen (secondary N) is 1. The van der Waals surface area contributed by atoms with Crippen molar-refractivity contribution in [1.82, 2.24) is 15.1 Å². The highest BCUT2D eigenvalue weighted by atomic mass is 19.1. The van der Waals surface area contributed by atoms with E-state index in [0.717, 1.165) is 22.9 Å². The number of fused-ring (bicyclic) bond motifs is 1. The van der Waals surface area contributed by atoms with Crippen LogP contribution in [0.3, 0.4) is 0 Å². The summed E-state index contributed by atoms with van der Waals surface area (Å²) < 4.78 is 14.9. The van der Waals surface area contributed by atoms with E-state index in [2.05, 4.69) is 24.3 Å². The van der Waals surface area contributed by atoms with Crippen LogP contribution >= 0.6 is 0 Å². The zero-order chi connectivity index (χ0) is 17.8. The van der Waals surface area contributed by atoms with Gasteiger partial charge in [-0.2, -0.15) is 5.10 Å². The lowest BCUT2D eigenvalue weighted by Gasteiger charge is -2.08. The Hall–Kier alpha value is -2.69. The molecule has 130 valence electrons. The molecule has 0 unspecified atom stereocenters. The minimum Gasteiger partial charge on any atom is -0.352 e. The zero-order valence-electron chi connectivity index (χ0n) is 14.5. The van der Waals surface area contributed by atoms with Gasteiger partial charge in [0, 0.05) is 17.5 Å². The molecular formula is C20H22FN3O. The largest absolute Gasteiger partial charge is 0.352 e. The lowest BCUT2D eigenvalue weighted by molar-refractivity contribution is 0.0952. The van der Waals surface area contributed by atoms with Crippen LogP contribution in [0.1, 0.15) is 36.2 Å². The quantitative estimate of drug-likeness (QED) is 0.738. The van der Waals surface area contributed by atoms with Gasteiger partial charge < -0.3 is 5.32 Å². The van der Waals surface area contributed by atoms with Gasteiger partial charge in [0.2, 0.25) is 0 Å². The van der Waals surface area contributed by atoms with Crippen LogP contribution in [-0.2, 0) is 6.54 Å². The van der Waals surface area contributed by atoms with Crippen molar-refractivity contribution in [1.29, 1.82) is 0 Å². The van der Waals surface area contributed by atoms with Crippen LogP contribution in [0.5, 0.6) is 0 Å². The summed E-state index contributed by atoms with van der Waals surface area (Å²) in [4.78, 5) is 12.3. The number of aromatic nitrogens is 2.